The molecule has 2 amide bonds. The fourth-order valence-electron chi connectivity index (χ4n) is 3.71. The molecule has 3 aliphatic carbocycles. The van der Waals surface area contributed by atoms with E-state index in [1.54, 1.807) is 4.90 Å². The van der Waals surface area contributed by atoms with Gasteiger partial charge in [-0.3, -0.25) is 9.69 Å². The normalized spacial score (nSPS) is 24.5. The van der Waals surface area contributed by atoms with E-state index in [4.69, 9.17) is 0 Å². The van der Waals surface area contributed by atoms with Crippen molar-refractivity contribution < 1.29 is 9.59 Å². The summed E-state index contributed by atoms with van der Waals surface area (Å²) < 4.78 is 0. The molecule has 4 nitrogen and oxygen atoms in total. The Kier molecular flexibility index (Phi) is 6.48. The first-order chi connectivity index (χ1) is 12.2. The number of amides is 2. The molecule has 0 aromatic rings. The van der Waals surface area contributed by atoms with Crippen LogP contribution in [0.25, 0.3) is 0 Å². The first-order valence-corrected chi connectivity index (χ1v) is 8.70. The van der Waals surface area contributed by atoms with E-state index in [1.807, 2.05) is 54.8 Å². The van der Waals surface area contributed by atoms with Crippen molar-refractivity contribution in [2.45, 2.75) is 31.7 Å². The standard InChI is InChI=1S/C11H12N2O.C10H8O.K/c14-11-12-9-6-3-5-8-4-1-2-7-13(11)10(8)9;11-10-7-6-8-4-2-1-3-5-9(8)10;/h1-2,4,7,9H,3,5-6H2,(H,12,14);1-6H,7H2;. The maximum absolute atomic E-state index is 11.6. The molecule has 1 saturated heterocycles. The van der Waals surface area contributed by atoms with Crippen LogP contribution in [0.2, 0.25) is 0 Å². The van der Waals surface area contributed by atoms with Crippen molar-refractivity contribution in [1.82, 2.24) is 10.2 Å². The van der Waals surface area contributed by atoms with Crippen molar-refractivity contribution in [2.75, 3.05) is 0 Å². The largest absolute Gasteiger partial charge is 0.329 e. The Bertz CT molecular complexity index is 840. The molecule has 1 N–H and O–H groups in total. The van der Waals surface area contributed by atoms with Gasteiger partial charge in [-0.05, 0) is 36.5 Å². The number of carbonyl (C=O) groups is 2. The summed E-state index contributed by atoms with van der Waals surface area (Å²) in [7, 11) is 0. The molecular weight excluding hydrogens is 351 g/mol. The van der Waals surface area contributed by atoms with Gasteiger partial charge in [0, 0.05) is 69.6 Å². The Morgan fingerprint density at radius 2 is 1.88 bits per heavy atom. The molecule has 127 valence electrons. The van der Waals surface area contributed by atoms with Gasteiger partial charge in [0.2, 0.25) is 0 Å². The number of ketones is 1. The summed E-state index contributed by atoms with van der Waals surface area (Å²) in [6.45, 7) is 0. The van der Waals surface area contributed by atoms with Crippen LogP contribution in [0.1, 0.15) is 25.7 Å². The van der Waals surface area contributed by atoms with Gasteiger partial charge in [-0.1, -0.05) is 48.6 Å². The van der Waals surface area contributed by atoms with Crippen LogP contribution in [0, 0.1) is 0 Å². The second-order valence-electron chi connectivity index (χ2n) is 6.49. The average molecular weight is 372 g/mol. The van der Waals surface area contributed by atoms with Gasteiger partial charge in [0.25, 0.3) is 0 Å². The van der Waals surface area contributed by atoms with Gasteiger partial charge < -0.3 is 5.32 Å². The summed E-state index contributed by atoms with van der Waals surface area (Å²) >= 11 is 0. The van der Waals surface area contributed by atoms with Gasteiger partial charge in [0.15, 0.2) is 5.78 Å². The molecule has 0 spiro atoms. The smallest absolute Gasteiger partial charge is 0.326 e. The molecule has 26 heavy (non-hydrogen) atoms. The van der Waals surface area contributed by atoms with Crippen molar-refractivity contribution in [3.05, 3.63) is 83.3 Å². The number of fused-ring (bicyclic) bond motifs is 1. The van der Waals surface area contributed by atoms with Gasteiger partial charge in [0.1, 0.15) is 0 Å². The molecule has 1 unspecified atom stereocenters. The molecule has 0 saturated carbocycles. The number of urea groups is 1. The van der Waals surface area contributed by atoms with Crippen LogP contribution in [0.4, 0.5) is 4.79 Å². The van der Waals surface area contributed by atoms with E-state index in [0.29, 0.717) is 6.42 Å². The predicted molar refractivity (Wildman–Crippen MR) is 103 cm³/mol. The van der Waals surface area contributed by atoms with Gasteiger partial charge in [0.05, 0.1) is 11.7 Å². The topological polar surface area (TPSA) is 49.4 Å². The van der Waals surface area contributed by atoms with E-state index in [0.717, 1.165) is 24.0 Å². The van der Waals surface area contributed by atoms with Crippen LogP contribution in [0.15, 0.2) is 83.3 Å². The maximum atomic E-state index is 11.6. The van der Waals surface area contributed by atoms with Crippen LogP contribution in [0.3, 0.4) is 0 Å². The van der Waals surface area contributed by atoms with Crippen LogP contribution < -0.4 is 5.32 Å². The van der Waals surface area contributed by atoms with E-state index < -0.39 is 0 Å². The first-order valence-electron chi connectivity index (χ1n) is 8.70. The molecule has 2 heterocycles. The Morgan fingerprint density at radius 1 is 1.04 bits per heavy atom. The zero-order valence-electron chi connectivity index (χ0n) is 14.9. The predicted octanol–water partition coefficient (Wildman–Crippen LogP) is 3.46. The molecule has 1 fully saturated rings. The number of nitrogens with one attached hydrogen (secondary N) is 1. The first kappa shape index (κ1) is 19.5. The number of rotatable bonds is 0. The van der Waals surface area contributed by atoms with Crippen molar-refractivity contribution in [1.29, 1.82) is 0 Å². The molecule has 1 radical (unpaired) electrons. The van der Waals surface area contributed by atoms with Crippen LogP contribution in [-0.2, 0) is 4.79 Å². The van der Waals surface area contributed by atoms with Gasteiger partial charge >= 0.3 is 6.03 Å². The van der Waals surface area contributed by atoms with Crippen LogP contribution in [0.5, 0.6) is 0 Å². The number of hydrogen-bond donors (Lipinski definition) is 1. The molecule has 5 rings (SSSR count). The molecule has 2 aliphatic heterocycles. The molecule has 0 aromatic carbocycles. The third-order valence-corrected chi connectivity index (χ3v) is 4.90. The monoisotopic (exact) mass is 371 g/mol. The number of allylic oxidation sites excluding steroid dienone is 12. The minimum absolute atomic E-state index is 0. The summed E-state index contributed by atoms with van der Waals surface area (Å²) in [5, 5.41) is 3.00. The van der Waals surface area contributed by atoms with Crippen molar-refractivity contribution in [3.8, 4) is 0 Å². The number of hydrogen-bond acceptors (Lipinski definition) is 2. The Hall–Kier alpha value is -1.24. The van der Waals surface area contributed by atoms with Crippen molar-refractivity contribution >= 4 is 63.2 Å². The van der Waals surface area contributed by atoms with E-state index >= 15 is 0 Å². The second kappa shape index (κ2) is 8.63. The molecule has 0 bridgehead atoms. The minimum Gasteiger partial charge on any atom is -0.329 e. The van der Waals surface area contributed by atoms with Crippen LogP contribution >= 0.6 is 0 Å². The Balaban J connectivity index is 0.000000149. The third-order valence-electron chi connectivity index (χ3n) is 4.90. The molecule has 5 heteroatoms. The minimum atomic E-state index is 0. The molecule has 0 aromatic heterocycles. The van der Waals surface area contributed by atoms with Crippen molar-refractivity contribution in [2.24, 2.45) is 0 Å². The van der Waals surface area contributed by atoms with Crippen LogP contribution in [-0.4, -0.2) is 74.1 Å². The summed E-state index contributed by atoms with van der Waals surface area (Å²) in [6.07, 6.45) is 23.4. The average Bonchev–Trinajstić information content (AvgIpc) is 2.94. The zero-order chi connectivity index (χ0) is 17.2. The maximum Gasteiger partial charge on any atom is 0.326 e. The SMILES string of the molecule is O=C1CC=C2C=CC=CC=C12.O=C1NC2CCCC3=C2N1C=CC=C3.[K]. The van der Waals surface area contributed by atoms with Gasteiger partial charge in [-0.25, -0.2) is 4.79 Å². The van der Waals surface area contributed by atoms with E-state index in [-0.39, 0.29) is 69.2 Å². The Labute approximate surface area is 196 Å². The second-order valence-corrected chi connectivity index (χ2v) is 6.49. The van der Waals surface area contributed by atoms with E-state index in [2.05, 4.69) is 11.4 Å². The molecule has 5 aliphatic rings. The fourth-order valence-corrected chi connectivity index (χ4v) is 3.71. The van der Waals surface area contributed by atoms with Gasteiger partial charge in [-0.15, -0.1) is 0 Å². The number of carbonyl (C=O) groups excluding carboxylic acids is 2. The summed E-state index contributed by atoms with van der Waals surface area (Å²) in [6, 6.07) is 0.267. The molecular formula is C21H20KN2O2. The summed E-state index contributed by atoms with van der Waals surface area (Å²) in [4.78, 5) is 24.5. The number of nitrogens with zero attached hydrogens (tertiary/aromatic N) is 1. The third kappa shape index (κ3) is 3.87. The van der Waals surface area contributed by atoms with Crippen molar-refractivity contribution in [3.63, 3.8) is 0 Å². The summed E-state index contributed by atoms with van der Waals surface area (Å²) in [5.74, 6) is 0.233. The number of Topliss-reactive ketones (excluding diaryl/α,β-unsaturated/α-hetero) is 1. The van der Waals surface area contributed by atoms with Gasteiger partial charge in [-0.2, -0.15) is 0 Å². The molecule has 1 atom stereocenters. The summed E-state index contributed by atoms with van der Waals surface area (Å²) in [5.41, 5.74) is 4.41. The van der Waals surface area contributed by atoms with E-state index in [1.165, 1.54) is 17.7 Å². The quantitative estimate of drug-likeness (QED) is 0.663. The fraction of sp³-hybridized carbons (Fsp3) is 0.238. The zero-order valence-corrected chi connectivity index (χ0v) is 18.1. The van der Waals surface area contributed by atoms with E-state index in [9.17, 15) is 9.59 Å². The Morgan fingerprint density at radius 3 is 2.77 bits per heavy atom.